The molecule has 0 fully saturated rings. The van der Waals surface area contributed by atoms with Gasteiger partial charge in [0.15, 0.2) is 5.78 Å². The molecule has 3 heteroatoms. The molecule has 0 saturated heterocycles. The first kappa shape index (κ1) is 12.4. The number of nitriles is 1. The van der Waals surface area contributed by atoms with Gasteiger partial charge in [0, 0.05) is 29.1 Å². The molecule has 1 N–H and O–H groups in total. The monoisotopic (exact) mass is 240 g/mol. The fourth-order valence-corrected chi connectivity index (χ4v) is 2.07. The molecule has 18 heavy (non-hydrogen) atoms. The molecule has 2 rings (SSSR count). The van der Waals surface area contributed by atoms with Crippen LogP contribution in [-0.2, 0) is 0 Å². The zero-order valence-corrected chi connectivity index (χ0v) is 10.7. The molecule has 0 saturated carbocycles. The molecule has 0 radical (unpaired) electrons. The summed E-state index contributed by atoms with van der Waals surface area (Å²) >= 11 is 0. The van der Waals surface area contributed by atoms with Gasteiger partial charge in [-0.25, -0.2) is 0 Å². The van der Waals surface area contributed by atoms with E-state index in [-0.39, 0.29) is 5.78 Å². The van der Waals surface area contributed by atoms with Crippen molar-refractivity contribution in [2.45, 2.75) is 26.7 Å². The molecule has 0 aliphatic carbocycles. The van der Waals surface area contributed by atoms with Gasteiger partial charge in [-0.3, -0.25) is 4.79 Å². The number of nitrogens with one attached hydrogen (secondary N) is 1. The average Bonchev–Trinajstić information content (AvgIpc) is 2.82. The predicted octanol–water partition coefficient (Wildman–Crippen LogP) is 3.66. The van der Waals surface area contributed by atoms with Crippen molar-refractivity contribution < 1.29 is 4.79 Å². The van der Waals surface area contributed by atoms with Gasteiger partial charge >= 0.3 is 0 Å². The summed E-state index contributed by atoms with van der Waals surface area (Å²) in [4.78, 5) is 15.3. The average molecular weight is 240 g/mol. The van der Waals surface area contributed by atoms with Crippen molar-refractivity contribution >= 4 is 16.7 Å². The molecule has 0 amide bonds. The molecule has 1 unspecified atom stereocenters. The quantitative estimate of drug-likeness (QED) is 0.829. The number of fused-ring (bicyclic) bond motifs is 1. The number of rotatable bonds is 4. The van der Waals surface area contributed by atoms with Crippen LogP contribution < -0.4 is 0 Å². The summed E-state index contributed by atoms with van der Waals surface area (Å²) in [6, 6.07) is 7.60. The first-order chi connectivity index (χ1) is 8.67. The van der Waals surface area contributed by atoms with Crippen molar-refractivity contribution in [2.75, 3.05) is 0 Å². The molecule has 92 valence electrons. The highest BCUT2D eigenvalue weighted by Crippen LogP contribution is 2.24. The van der Waals surface area contributed by atoms with E-state index in [2.05, 4.69) is 24.9 Å². The van der Waals surface area contributed by atoms with E-state index >= 15 is 0 Å². The van der Waals surface area contributed by atoms with Crippen molar-refractivity contribution in [3.8, 4) is 6.07 Å². The summed E-state index contributed by atoms with van der Waals surface area (Å²) in [6.45, 7) is 4.14. The highest BCUT2D eigenvalue weighted by atomic mass is 16.1. The third-order valence-corrected chi connectivity index (χ3v) is 3.36. The third-order valence-electron chi connectivity index (χ3n) is 3.36. The van der Waals surface area contributed by atoms with E-state index in [0.29, 0.717) is 23.5 Å². The number of nitrogens with zero attached hydrogens (tertiary/aromatic N) is 1. The molecule has 0 spiro atoms. The minimum absolute atomic E-state index is 0.110. The van der Waals surface area contributed by atoms with Crippen LogP contribution in [0.4, 0.5) is 0 Å². The summed E-state index contributed by atoms with van der Waals surface area (Å²) in [5.41, 5.74) is 2.05. The normalized spacial score (nSPS) is 12.3. The fraction of sp³-hybridized carbons (Fsp3) is 0.333. The van der Waals surface area contributed by atoms with Crippen molar-refractivity contribution in [3.05, 3.63) is 35.5 Å². The van der Waals surface area contributed by atoms with Crippen molar-refractivity contribution in [1.29, 1.82) is 5.26 Å². The van der Waals surface area contributed by atoms with Gasteiger partial charge in [-0.2, -0.15) is 5.26 Å². The predicted molar refractivity (Wildman–Crippen MR) is 71.4 cm³/mol. The standard InChI is InChI=1S/C15H16N2O/c1-3-10(2)7-14(18)12-9-17-13-6-4-5-11(8-16)15(12)13/h4-6,9-10,17H,3,7H2,1-2H3. The smallest absolute Gasteiger partial charge is 0.165 e. The van der Waals surface area contributed by atoms with Gasteiger partial charge in [-0.15, -0.1) is 0 Å². The van der Waals surface area contributed by atoms with Gasteiger partial charge in [0.05, 0.1) is 11.6 Å². The van der Waals surface area contributed by atoms with E-state index in [4.69, 9.17) is 5.26 Å². The Hall–Kier alpha value is -2.08. The first-order valence-corrected chi connectivity index (χ1v) is 6.20. The van der Waals surface area contributed by atoms with E-state index in [1.54, 1.807) is 12.3 Å². The largest absolute Gasteiger partial charge is 0.360 e. The molecule has 1 heterocycles. The maximum atomic E-state index is 12.2. The lowest BCUT2D eigenvalue weighted by atomic mass is 9.96. The number of hydrogen-bond acceptors (Lipinski definition) is 2. The van der Waals surface area contributed by atoms with Crippen molar-refractivity contribution in [2.24, 2.45) is 5.92 Å². The van der Waals surface area contributed by atoms with Crippen LogP contribution in [0, 0.1) is 17.2 Å². The van der Waals surface area contributed by atoms with Crippen molar-refractivity contribution in [3.63, 3.8) is 0 Å². The Bertz CT molecular complexity index is 619. The number of aromatic nitrogens is 1. The van der Waals surface area contributed by atoms with E-state index in [1.165, 1.54) is 0 Å². The summed E-state index contributed by atoms with van der Waals surface area (Å²) in [5, 5.41) is 9.87. The highest BCUT2D eigenvalue weighted by Gasteiger charge is 2.16. The van der Waals surface area contributed by atoms with Gasteiger partial charge in [0.25, 0.3) is 0 Å². The van der Waals surface area contributed by atoms with Crippen molar-refractivity contribution in [1.82, 2.24) is 4.98 Å². The molecule has 1 aromatic carbocycles. The zero-order chi connectivity index (χ0) is 13.1. The van der Waals surface area contributed by atoms with Crippen LogP contribution in [0.5, 0.6) is 0 Å². The molecular weight excluding hydrogens is 224 g/mol. The van der Waals surface area contributed by atoms with E-state index < -0.39 is 0 Å². The number of carbonyl (C=O) groups excluding carboxylic acids is 1. The molecule has 1 aromatic heterocycles. The number of ketones is 1. The second-order valence-corrected chi connectivity index (χ2v) is 4.68. The van der Waals surface area contributed by atoms with Gasteiger partial charge in [-0.05, 0) is 18.1 Å². The Balaban J connectivity index is 2.46. The second kappa shape index (κ2) is 5.05. The number of carbonyl (C=O) groups is 1. The Morgan fingerprint density at radius 2 is 2.28 bits per heavy atom. The Morgan fingerprint density at radius 1 is 1.50 bits per heavy atom. The minimum atomic E-state index is 0.110. The third kappa shape index (κ3) is 2.14. The molecule has 0 aliphatic rings. The molecule has 3 nitrogen and oxygen atoms in total. The molecule has 0 bridgehead atoms. The minimum Gasteiger partial charge on any atom is -0.360 e. The zero-order valence-electron chi connectivity index (χ0n) is 10.7. The van der Waals surface area contributed by atoms with Crippen LogP contribution in [0.25, 0.3) is 10.9 Å². The number of hydrogen-bond donors (Lipinski definition) is 1. The second-order valence-electron chi connectivity index (χ2n) is 4.68. The lowest BCUT2D eigenvalue weighted by Crippen LogP contribution is -2.05. The van der Waals surface area contributed by atoms with E-state index in [0.717, 1.165) is 17.3 Å². The topological polar surface area (TPSA) is 56.6 Å². The number of aromatic amines is 1. The molecule has 1 atom stereocenters. The number of benzene rings is 1. The van der Waals surface area contributed by atoms with Gasteiger partial charge < -0.3 is 4.98 Å². The van der Waals surface area contributed by atoms with Crippen LogP contribution in [0.1, 0.15) is 42.6 Å². The molecule has 0 aliphatic heterocycles. The van der Waals surface area contributed by atoms with E-state index in [1.807, 2.05) is 12.1 Å². The SMILES string of the molecule is CCC(C)CC(=O)c1c[nH]c2cccc(C#N)c12. The van der Waals surface area contributed by atoms with Crippen LogP contribution >= 0.6 is 0 Å². The van der Waals surface area contributed by atoms with E-state index in [9.17, 15) is 4.79 Å². The van der Waals surface area contributed by atoms with Crippen LogP contribution in [-0.4, -0.2) is 10.8 Å². The Kier molecular flexibility index (Phi) is 3.47. The maximum Gasteiger partial charge on any atom is 0.165 e. The maximum absolute atomic E-state index is 12.2. The lowest BCUT2D eigenvalue weighted by molar-refractivity contribution is 0.0965. The van der Waals surface area contributed by atoms with Crippen LogP contribution in [0.15, 0.2) is 24.4 Å². The summed E-state index contributed by atoms with van der Waals surface area (Å²) in [6.07, 6.45) is 3.23. The van der Waals surface area contributed by atoms with Crippen LogP contribution in [0.3, 0.4) is 0 Å². The number of H-pyrrole nitrogens is 1. The molecular formula is C15H16N2O. The lowest BCUT2D eigenvalue weighted by Gasteiger charge is -2.06. The van der Waals surface area contributed by atoms with Gasteiger partial charge in [0.1, 0.15) is 0 Å². The van der Waals surface area contributed by atoms with Crippen LogP contribution in [0.2, 0.25) is 0 Å². The number of Topliss-reactive ketones (excluding diaryl/α,β-unsaturated/α-hetero) is 1. The molecule has 2 aromatic rings. The van der Waals surface area contributed by atoms with Gasteiger partial charge in [-0.1, -0.05) is 26.3 Å². The first-order valence-electron chi connectivity index (χ1n) is 6.20. The fourth-order valence-electron chi connectivity index (χ4n) is 2.07. The summed E-state index contributed by atoms with van der Waals surface area (Å²) < 4.78 is 0. The summed E-state index contributed by atoms with van der Waals surface area (Å²) in [5.74, 6) is 0.481. The Morgan fingerprint density at radius 3 is 2.94 bits per heavy atom. The summed E-state index contributed by atoms with van der Waals surface area (Å²) in [7, 11) is 0. The Labute approximate surface area is 106 Å². The van der Waals surface area contributed by atoms with Gasteiger partial charge in [0.2, 0.25) is 0 Å². The highest BCUT2D eigenvalue weighted by molar-refractivity contribution is 6.09.